The van der Waals surface area contributed by atoms with E-state index >= 15 is 0 Å². The SMILES string of the molecule is O=C(N[C@H](Sc1ccc(Cl)cc1)C(=O)c1ccccc1)c1ccco1. The lowest BCUT2D eigenvalue weighted by Crippen LogP contribution is -2.38. The van der Waals surface area contributed by atoms with Crippen LogP contribution in [-0.4, -0.2) is 17.1 Å². The molecule has 3 aromatic rings. The number of rotatable bonds is 6. The first kappa shape index (κ1) is 17.3. The molecule has 1 N–H and O–H groups in total. The van der Waals surface area contributed by atoms with Crippen LogP contribution in [0.1, 0.15) is 20.9 Å². The lowest BCUT2D eigenvalue weighted by atomic mass is 10.1. The van der Waals surface area contributed by atoms with Gasteiger partial charge in [-0.3, -0.25) is 9.59 Å². The fourth-order valence-corrected chi connectivity index (χ4v) is 3.25. The summed E-state index contributed by atoms with van der Waals surface area (Å²) in [6, 6.07) is 19.1. The molecule has 0 radical (unpaired) electrons. The van der Waals surface area contributed by atoms with Gasteiger partial charge < -0.3 is 9.73 Å². The van der Waals surface area contributed by atoms with E-state index < -0.39 is 11.3 Å². The van der Waals surface area contributed by atoms with E-state index in [0.717, 1.165) is 4.90 Å². The molecule has 126 valence electrons. The van der Waals surface area contributed by atoms with Crippen molar-refractivity contribution in [3.8, 4) is 0 Å². The predicted molar refractivity (Wildman–Crippen MR) is 98.0 cm³/mol. The van der Waals surface area contributed by atoms with Crippen LogP contribution in [0, 0.1) is 0 Å². The Morgan fingerprint density at radius 3 is 2.32 bits per heavy atom. The van der Waals surface area contributed by atoms with Crippen LogP contribution in [0.2, 0.25) is 5.02 Å². The Morgan fingerprint density at radius 1 is 0.960 bits per heavy atom. The number of carbonyl (C=O) groups is 2. The predicted octanol–water partition coefficient (Wildman–Crippen LogP) is 4.66. The van der Waals surface area contributed by atoms with Crippen LogP contribution in [0.3, 0.4) is 0 Å². The lowest BCUT2D eigenvalue weighted by Gasteiger charge is -2.17. The molecule has 0 aliphatic carbocycles. The topological polar surface area (TPSA) is 59.3 Å². The monoisotopic (exact) mass is 371 g/mol. The average Bonchev–Trinajstić information content (AvgIpc) is 3.18. The lowest BCUT2D eigenvalue weighted by molar-refractivity contribution is 0.0874. The highest BCUT2D eigenvalue weighted by Crippen LogP contribution is 2.26. The maximum absolute atomic E-state index is 12.8. The zero-order chi connectivity index (χ0) is 17.6. The van der Waals surface area contributed by atoms with Crippen LogP contribution in [0.4, 0.5) is 0 Å². The van der Waals surface area contributed by atoms with Crippen molar-refractivity contribution in [1.82, 2.24) is 5.32 Å². The van der Waals surface area contributed by atoms with Gasteiger partial charge in [0.25, 0.3) is 5.91 Å². The minimum atomic E-state index is -0.791. The first-order valence-corrected chi connectivity index (χ1v) is 8.75. The summed E-state index contributed by atoms with van der Waals surface area (Å²) >= 11 is 7.14. The number of ketones is 1. The second kappa shape index (κ2) is 8.05. The van der Waals surface area contributed by atoms with Crippen LogP contribution in [0.15, 0.2) is 82.3 Å². The summed E-state index contributed by atoms with van der Waals surface area (Å²) in [6.07, 6.45) is 1.41. The summed E-state index contributed by atoms with van der Waals surface area (Å²) in [6.45, 7) is 0. The van der Waals surface area contributed by atoms with Gasteiger partial charge >= 0.3 is 0 Å². The quantitative estimate of drug-likeness (QED) is 0.389. The number of Topliss-reactive ketones (excluding diaryl/α,β-unsaturated/α-hetero) is 1. The molecule has 0 spiro atoms. The van der Waals surface area contributed by atoms with Crippen molar-refractivity contribution >= 4 is 35.1 Å². The molecule has 0 aliphatic rings. The maximum Gasteiger partial charge on any atom is 0.288 e. The van der Waals surface area contributed by atoms with E-state index in [1.807, 2.05) is 6.07 Å². The minimum absolute atomic E-state index is 0.155. The number of amides is 1. The van der Waals surface area contributed by atoms with Gasteiger partial charge in [-0.05, 0) is 36.4 Å². The molecule has 25 heavy (non-hydrogen) atoms. The van der Waals surface area contributed by atoms with Gasteiger partial charge in [-0.1, -0.05) is 53.7 Å². The molecule has 0 fully saturated rings. The molecule has 0 saturated carbocycles. The van der Waals surface area contributed by atoms with Crippen LogP contribution in [-0.2, 0) is 0 Å². The van der Waals surface area contributed by atoms with E-state index in [4.69, 9.17) is 16.0 Å². The Bertz CT molecular complexity index is 848. The molecular weight excluding hydrogens is 358 g/mol. The molecule has 1 heterocycles. The zero-order valence-electron chi connectivity index (χ0n) is 13.0. The Hall–Kier alpha value is -2.50. The summed E-state index contributed by atoms with van der Waals surface area (Å²) in [4.78, 5) is 26.0. The van der Waals surface area contributed by atoms with Crippen LogP contribution in [0.5, 0.6) is 0 Å². The molecule has 1 amide bonds. The highest BCUT2D eigenvalue weighted by atomic mass is 35.5. The third kappa shape index (κ3) is 4.53. The van der Waals surface area contributed by atoms with Crippen molar-refractivity contribution in [1.29, 1.82) is 0 Å². The van der Waals surface area contributed by atoms with Gasteiger partial charge in [0.15, 0.2) is 11.5 Å². The molecule has 0 bridgehead atoms. The van der Waals surface area contributed by atoms with Crippen molar-refractivity contribution in [2.75, 3.05) is 0 Å². The molecule has 1 aromatic heterocycles. The van der Waals surface area contributed by atoms with Gasteiger partial charge in [-0.2, -0.15) is 0 Å². The highest BCUT2D eigenvalue weighted by Gasteiger charge is 2.24. The fourth-order valence-electron chi connectivity index (χ4n) is 2.15. The van der Waals surface area contributed by atoms with Crippen molar-refractivity contribution in [2.24, 2.45) is 0 Å². The largest absolute Gasteiger partial charge is 0.459 e. The summed E-state index contributed by atoms with van der Waals surface area (Å²) in [5, 5.41) is 2.54. The van der Waals surface area contributed by atoms with E-state index in [9.17, 15) is 9.59 Å². The Morgan fingerprint density at radius 2 is 1.68 bits per heavy atom. The fraction of sp³-hybridized carbons (Fsp3) is 0.0526. The number of hydrogen-bond acceptors (Lipinski definition) is 4. The number of hydrogen-bond donors (Lipinski definition) is 1. The summed E-state index contributed by atoms with van der Waals surface area (Å²) in [5.41, 5.74) is 0.522. The second-order valence-corrected chi connectivity index (χ2v) is 6.75. The van der Waals surface area contributed by atoms with Gasteiger partial charge in [-0.25, -0.2) is 0 Å². The molecule has 2 aromatic carbocycles. The highest BCUT2D eigenvalue weighted by molar-refractivity contribution is 8.00. The number of furan rings is 1. The number of halogens is 1. The smallest absolute Gasteiger partial charge is 0.288 e. The van der Waals surface area contributed by atoms with E-state index in [2.05, 4.69) is 5.32 Å². The Kier molecular flexibility index (Phi) is 5.58. The van der Waals surface area contributed by atoms with Crippen molar-refractivity contribution in [3.63, 3.8) is 0 Å². The molecule has 3 rings (SSSR count). The van der Waals surface area contributed by atoms with E-state index in [1.54, 1.807) is 60.7 Å². The Labute approximate surface area is 154 Å². The number of carbonyl (C=O) groups excluding carboxylic acids is 2. The molecule has 0 unspecified atom stereocenters. The number of nitrogens with one attached hydrogen (secondary N) is 1. The summed E-state index contributed by atoms with van der Waals surface area (Å²) in [7, 11) is 0. The van der Waals surface area contributed by atoms with E-state index in [1.165, 1.54) is 18.0 Å². The van der Waals surface area contributed by atoms with Crippen LogP contribution >= 0.6 is 23.4 Å². The third-order valence-electron chi connectivity index (χ3n) is 3.37. The molecule has 4 nitrogen and oxygen atoms in total. The zero-order valence-corrected chi connectivity index (χ0v) is 14.6. The van der Waals surface area contributed by atoms with Crippen LogP contribution < -0.4 is 5.32 Å². The van der Waals surface area contributed by atoms with Gasteiger partial charge in [0.1, 0.15) is 5.37 Å². The minimum Gasteiger partial charge on any atom is -0.459 e. The van der Waals surface area contributed by atoms with Crippen molar-refractivity contribution in [3.05, 3.63) is 89.3 Å². The van der Waals surface area contributed by atoms with Gasteiger partial charge in [0.05, 0.1) is 6.26 Å². The first-order valence-electron chi connectivity index (χ1n) is 7.49. The summed E-state index contributed by atoms with van der Waals surface area (Å²) < 4.78 is 5.10. The molecule has 0 aliphatic heterocycles. The van der Waals surface area contributed by atoms with Gasteiger partial charge in [-0.15, -0.1) is 0 Å². The average molecular weight is 372 g/mol. The van der Waals surface area contributed by atoms with Crippen LogP contribution in [0.25, 0.3) is 0 Å². The number of benzene rings is 2. The van der Waals surface area contributed by atoms with E-state index in [0.29, 0.717) is 10.6 Å². The van der Waals surface area contributed by atoms with E-state index in [-0.39, 0.29) is 11.5 Å². The molecule has 1 atom stereocenters. The number of thioether (sulfide) groups is 1. The summed E-state index contributed by atoms with van der Waals surface area (Å²) in [5.74, 6) is -0.483. The molecule has 0 saturated heterocycles. The standard InChI is InChI=1S/C19H14ClNO3S/c20-14-8-10-15(11-9-14)25-19(17(22)13-5-2-1-3-6-13)21-18(23)16-7-4-12-24-16/h1-12,19H,(H,21,23)/t19-/m1/s1. The van der Waals surface area contributed by atoms with Gasteiger partial charge in [0.2, 0.25) is 0 Å². The van der Waals surface area contributed by atoms with Gasteiger partial charge in [0, 0.05) is 15.5 Å². The molecular formula is C19H14ClNO3S. The second-order valence-electron chi connectivity index (χ2n) is 5.13. The van der Waals surface area contributed by atoms with Crippen molar-refractivity contribution < 1.29 is 14.0 Å². The third-order valence-corrected chi connectivity index (χ3v) is 4.74. The maximum atomic E-state index is 12.8. The molecule has 6 heteroatoms. The normalized spacial score (nSPS) is 11.7. The Balaban J connectivity index is 1.83. The van der Waals surface area contributed by atoms with Crippen molar-refractivity contribution in [2.45, 2.75) is 10.3 Å². The first-order chi connectivity index (χ1) is 12.1.